The molecule has 4 N–H and O–H groups in total. The second-order valence-electron chi connectivity index (χ2n) is 2.96. The van der Waals surface area contributed by atoms with Crippen LogP contribution in [0, 0.1) is 0 Å². The van der Waals surface area contributed by atoms with Gasteiger partial charge in [-0.1, -0.05) is 11.6 Å². The van der Waals surface area contributed by atoms with Crippen molar-refractivity contribution in [2.24, 2.45) is 5.84 Å². The second kappa shape index (κ2) is 5.09. The highest BCUT2D eigenvalue weighted by molar-refractivity contribution is 7.13. The lowest BCUT2D eigenvalue weighted by Crippen LogP contribution is -2.16. The van der Waals surface area contributed by atoms with Gasteiger partial charge in [0.2, 0.25) is 0 Å². The molecule has 0 unspecified atom stereocenters. The summed E-state index contributed by atoms with van der Waals surface area (Å²) in [5.74, 6) is 5.14. The molecule has 6 nitrogen and oxygen atoms in total. The van der Waals surface area contributed by atoms with Gasteiger partial charge in [-0.15, -0.1) is 11.3 Å². The van der Waals surface area contributed by atoms with Crippen molar-refractivity contribution >= 4 is 39.8 Å². The molecule has 1 amide bonds. The number of carbonyl (C=O) groups is 1. The number of rotatable bonds is 3. The molecule has 0 aromatic carbocycles. The third-order valence-electron chi connectivity index (χ3n) is 1.86. The summed E-state index contributed by atoms with van der Waals surface area (Å²) >= 11 is 7.19. The first kappa shape index (κ1) is 11.8. The minimum atomic E-state index is -0.429. The Balaban J connectivity index is 2.24. The van der Waals surface area contributed by atoms with Crippen LogP contribution in [0.15, 0.2) is 23.7 Å². The van der Waals surface area contributed by atoms with Crippen LogP contribution in [-0.4, -0.2) is 15.9 Å². The van der Waals surface area contributed by atoms with E-state index in [0.717, 1.165) is 0 Å². The fourth-order valence-electron chi connectivity index (χ4n) is 1.12. The number of nitrogens with zero attached hydrogens (tertiary/aromatic N) is 2. The van der Waals surface area contributed by atoms with E-state index in [1.807, 2.05) is 0 Å². The number of carbonyl (C=O) groups excluding carboxylic acids is 1. The van der Waals surface area contributed by atoms with Crippen molar-refractivity contribution in [3.05, 3.63) is 34.4 Å². The van der Waals surface area contributed by atoms with Crippen molar-refractivity contribution in [2.75, 3.05) is 10.7 Å². The van der Waals surface area contributed by atoms with Gasteiger partial charge in [-0.25, -0.2) is 15.8 Å². The van der Waals surface area contributed by atoms with Crippen LogP contribution < -0.4 is 16.6 Å². The maximum absolute atomic E-state index is 11.8. The first-order chi connectivity index (χ1) is 8.20. The number of thiazole rings is 1. The van der Waals surface area contributed by atoms with E-state index in [0.29, 0.717) is 10.9 Å². The SMILES string of the molecule is NNc1ccc(Cl)c(C(=O)Nc2nccs2)n1. The highest BCUT2D eigenvalue weighted by Crippen LogP contribution is 2.18. The summed E-state index contributed by atoms with van der Waals surface area (Å²) in [6, 6.07) is 3.11. The number of aromatic nitrogens is 2. The predicted molar refractivity (Wildman–Crippen MR) is 67.1 cm³/mol. The lowest BCUT2D eigenvalue weighted by atomic mass is 10.3. The predicted octanol–water partition coefficient (Wildman–Crippen LogP) is 1.73. The maximum atomic E-state index is 11.8. The Hall–Kier alpha value is -1.70. The molecule has 0 aliphatic carbocycles. The molecule has 0 fully saturated rings. The minimum Gasteiger partial charge on any atom is -0.308 e. The molecule has 0 aliphatic heterocycles. The van der Waals surface area contributed by atoms with Crippen molar-refractivity contribution in [2.45, 2.75) is 0 Å². The average molecular weight is 270 g/mol. The van der Waals surface area contributed by atoms with E-state index in [1.165, 1.54) is 11.3 Å². The highest BCUT2D eigenvalue weighted by Gasteiger charge is 2.14. The Kier molecular flexibility index (Phi) is 3.52. The molecule has 2 aromatic heterocycles. The number of pyridine rings is 1. The van der Waals surface area contributed by atoms with Crippen molar-refractivity contribution in [3.8, 4) is 0 Å². The fraction of sp³-hybridized carbons (Fsp3) is 0. The van der Waals surface area contributed by atoms with Crippen molar-refractivity contribution in [1.29, 1.82) is 0 Å². The Morgan fingerprint density at radius 1 is 1.47 bits per heavy atom. The number of halogens is 1. The topological polar surface area (TPSA) is 92.9 Å². The molecule has 0 radical (unpaired) electrons. The molecule has 17 heavy (non-hydrogen) atoms. The van der Waals surface area contributed by atoms with E-state index in [-0.39, 0.29) is 10.7 Å². The largest absolute Gasteiger partial charge is 0.308 e. The number of nitrogens with one attached hydrogen (secondary N) is 2. The highest BCUT2D eigenvalue weighted by atomic mass is 35.5. The summed E-state index contributed by atoms with van der Waals surface area (Å²) < 4.78 is 0. The third-order valence-corrected chi connectivity index (χ3v) is 2.86. The van der Waals surface area contributed by atoms with Crippen LogP contribution in [-0.2, 0) is 0 Å². The van der Waals surface area contributed by atoms with Gasteiger partial charge in [0, 0.05) is 11.6 Å². The molecule has 0 saturated carbocycles. The van der Waals surface area contributed by atoms with E-state index in [4.69, 9.17) is 17.4 Å². The van der Waals surface area contributed by atoms with Gasteiger partial charge in [0.25, 0.3) is 5.91 Å². The molecule has 0 spiro atoms. The molecule has 0 aliphatic rings. The van der Waals surface area contributed by atoms with Gasteiger partial charge in [-0.3, -0.25) is 10.1 Å². The molecule has 2 aromatic rings. The number of nitrogen functional groups attached to an aromatic ring is 1. The number of nitrogens with two attached hydrogens (primary N) is 1. The number of anilines is 2. The van der Waals surface area contributed by atoms with Gasteiger partial charge in [0.15, 0.2) is 5.13 Å². The van der Waals surface area contributed by atoms with Crippen LogP contribution in [0.3, 0.4) is 0 Å². The molecule has 2 heterocycles. The van der Waals surface area contributed by atoms with Gasteiger partial charge >= 0.3 is 0 Å². The maximum Gasteiger partial charge on any atom is 0.277 e. The fourth-order valence-corrected chi connectivity index (χ4v) is 1.84. The van der Waals surface area contributed by atoms with Crippen molar-refractivity contribution in [3.63, 3.8) is 0 Å². The van der Waals surface area contributed by atoms with Crippen LogP contribution in [0.2, 0.25) is 5.02 Å². The molecule has 88 valence electrons. The lowest BCUT2D eigenvalue weighted by molar-refractivity contribution is 0.102. The van der Waals surface area contributed by atoms with E-state index >= 15 is 0 Å². The van der Waals surface area contributed by atoms with Gasteiger partial charge in [0.1, 0.15) is 11.5 Å². The molecule has 0 bridgehead atoms. The summed E-state index contributed by atoms with van der Waals surface area (Å²) in [4.78, 5) is 19.7. The summed E-state index contributed by atoms with van der Waals surface area (Å²) in [7, 11) is 0. The van der Waals surface area contributed by atoms with Gasteiger partial charge in [0.05, 0.1) is 5.02 Å². The number of hydrogen-bond acceptors (Lipinski definition) is 6. The molecular weight excluding hydrogens is 262 g/mol. The normalized spacial score (nSPS) is 10.0. The zero-order chi connectivity index (χ0) is 12.3. The summed E-state index contributed by atoms with van der Waals surface area (Å²) in [5, 5.41) is 5.07. The number of amides is 1. The smallest absolute Gasteiger partial charge is 0.277 e. The Bertz CT molecular complexity index is 530. The Morgan fingerprint density at radius 2 is 2.29 bits per heavy atom. The van der Waals surface area contributed by atoms with E-state index in [1.54, 1.807) is 23.7 Å². The summed E-state index contributed by atoms with van der Waals surface area (Å²) in [6.45, 7) is 0. The summed E-state index contributed by atoms with van der Waals surface area (Å²) in [6.07, 6.45) is 1.59. The third kappa shape index (κ3) is 2.70. The molecule has 2 rings (SSSR count). The molecule has 0 saturated heterocycles. The van der Waals surface area contributed by atoms with Crippen LogP contribution in [0.1, 0.15) is 10.5 Å². The lowest BCUT2D eigenvalue weighted by Gasteiger charge is -2.05. The number of hydrogen-bond donors (Lipinski definition) is 3. The molecule has 8 heteroatoms. The van der Waals surface area contributed by atoms with Crippen molar-refractivity contribution < 1.29 is 4.79 Å². The monoisotopic (exact) mass is 269 g/mol. The van der Waals surface area contributed by atoms with Crippen LogP contribution in [0.4, 0.5) is 10.9 Å². The van der Waals surface area contributed by atoms with Crippen molar-refractivity contribution in [1.82, 2.24) is 9.97 Å². The number of hydrazine groups is 1. The van der Waals surface area contributed by atoms with Crippen LogP contribution in [0.5, 0.6) is 0 Å². The molecule has 0 atom stereocenters. The molecular formula is C9H8ClN5OS. The Labute approximate surface area is 106 Å². The van der Waals surface area contributed by atoms with Crippen LogP contribution >= 0.6 is 22.9 Å². The Morgan fingerprint density at radius 3 is 2.94 bits per heavy atom. The van der Waals surface area contributed by atoms with E-state index in [2.05, 4.69) is 20.7 Å². The van der Waals surface area contributed by atoms with E-state index in [9.17, 15) is 4.79 Å². The van der Waals surface area contributed by atoms with E-state index < -0.39 is 5.91 Å². The standard InChI is InChI=1S/C9H8ClN5OS/c10-5-1-2-6(15-11)13-7(5)8(16)14-9-12-3-4-17-9/h1-4H,11H2,(H,13,15)(H,12,14,16). The minimum absolute atomic E-state index is 0.0947. The second-order valence-corrected chi connectivity index (χ2v) is 4.26. The summed E-state index contributed by atoms with van der Waals surface area (Å²) in [5.41, 5.74) is 2.44. The zero-order valence-corrected chi connectivity index (χ0v) is 10.0. The quantitative estimate of drug-likeness (QED) is 0.583. The van der Waals surface area contributed by atoms with Crippen LogP contribution in [0.25, 0.3) is 0 Å². The first-order valence-electron chi connectivity index (χ1n) is 4.54. The average Bonchev–Trinajstić information content (AvgIpc) is 2.82. The van der Waals surface area contributed by atoms with Gasteiger partial charge in [-0.2, -0.15) is 0 Å². The first-order valence-corrected chi connectivity index (χ1v) is 5.80. The van der Waals surface area contributed by atoms with Gasteiger partial charge < -0.3 is 5.43 Å². The zero-order valence-electron chi connectivity index (χ0n) is 8.48. The van der Waals surface area contributed by atoms with Gasteiger partial charge in [-0.05, 0) is 12.1 Å².